The molecule has 21 heavy (non-hydrogen) atoms. The lowest BCUT2D eigenvalue weighted by Gasteiger charge is -2.12. The van der Waals surface area contributed by atoms with Gasteiger partial charge in [0, 0.05) is 12.2 Å². The normalized spacial score (nSPS) is 10.0. The Bertz CT molecular complexity index is 640. The lowest BCUT2D eigenvalue weighted by atomic mass is 10.1. The van der Waals surface area contributed by atoms with Gasteiger partial charge in [-0.15, -0.1) is 0 Å². The van der Waals surface area contributed by atoms with Crippen molar-refractivity contribution in [1.29, 1.82) is 0 Å². The van der Waals surface area contributed by atoms with E-state index in [1.54, 1.807) is 7.11 Å². The van der Waals surface area contributed by atoms with Gasteiger partial charge in [-0.2, -0.15) is 0 Å². The van der Waals surface area contributed by atoms with Crippen LogP contribution in [0.1, 0.15) is 16.7 Å². The number of ether oxygens (including phenoxy) is 1. The molecule has 0 amide bonds. The van der Waals surface area contributed by atoms with E-state index < -0.39 is 0 Å². The quantitative estimate of drug-likeness (QED) is 0.842. The van der Waals surface area contributed by atoms with Crippen LogP contribution in [-0.4, -0.2) is 12.2 Å². The van der Waals surface area contributed by atoms with E-state index in [0.717, 1.165) is 17.0 Å². The van der Waals surface area contributed by atoms with E-state index in [0.29, 0.717) is 11.7 Å². The summed E-state index contributed by atoms with van der Waals surface area (Å²) >= 11 is 5.32. The van der Waals surface area contributed by atoms with Crippen molar-refractivity contribution >= 4 is 23.0 Å². The second-order valence-corrected chi connectivity index (χ2v) is 5.37. The molecule has 4 heteroatoms. The summed E-state index contributed by atoms with van der Waals surface area (Å²) in [5, 5.41) is 7.01. The maximum atomic E-state index is 5.32. The molecule has 0 heterocycles. The summed E-state index contributed by atoms with van der Waals surface area (Å²) in [6, 6.07) is 14.1. The summed E-state index contributed by atoms with van der Waals surface area (Å²) in [5.74, 6) is 0.849. The molecule has 2 aromatic carbocycles. The Hall–Kier alpha value is -2.07. The van der Waals surface area contributed by atoms with E-state index in [4.69, 9.17) is 17.0 Å². The van der Waals surface area contributed by atoms with Gasteiger partial charge in [0.1, 0.15) is 5.75 Å². The van der Waals surface area contributed by atoms with Crippen LogP contribution in [0.25, 0.3) is 0 Å². The van der Waals surface area contributed by atoms with E-state index in [9.17, 15) is 0 Å². The lowest BCUT2D eigenvalue weighted by Crippen LogP contribution is -2.27. The number of methoxy groups -OCH3 is 1. The van der Waals surface area contributed by atoms with Gasteiger partial charge in [-0.05, 0) is 67.0 Å². The Kier molecular flexibility index (Phi) is 5.17. The number of aryl methyl sites for hydroxylation is 2. The van der Waals surface area contributed by atoms with Crippen LogP contribution in [0.4, 0.5) is 5.69 Å². The summed E-state index contributed by atoms with van der Waals surface area (Å²) in [4.78, 5) is 0. The average Bonchev–Trinajstić information content (AvgIpc) is 2.49. The van der Waals surface area contributed by atoms with Gasteiger partial charge in [-0.3, -0.25) is 0 Å². The summed E-state index contributed by atoms with van der Waals surface area (Å²) in [6.07, 6.45) is 0. The summed E-state index contributed by atoms with van der Waals surface area (Å²) in [5.41, 5.74) is 4.64. The molecule has 2 aromatic rings. The van der Waals surface area contributed by atoms with E-state index in [2.05, 4.69) is 36.6 Å². The Morgan fingerprint density at radius 2 is 1.90 bits per heavy atom. The molecule has 0 aliphatic carbocycles. The molecule has 2 N–H and O–H groups in total. The van der Waals surface area contributed by atoms with Crippen LogP contribution in [0.2, 0.25) is 0 Å². The zero-order chi connectivity index (χ0) is 15.2. The summed E-state index contributed by atoms with van der Waals surface area (Å²) in [7, 11) is 1.67. The molecule has 0 aliphatic heterocycles. The number of hydrogen-bond acceptors (Lipinski definition) is 2. The molecule has 110 valence electrons. The number of anilines is 1. The lowest BCUT2D eigenvalue weighted by molar-refractivity contribution is 0.414. The van der Waals surface area contributed by atoms with Gasteiger partial charge < -0.3 is 15.4 Å². The molecule has 0 spiro atoms. The molecule has 0 radical (unpaired) electrons. The third-order valence-corrected chi connectivity index (χ3v) is 3.60. The standard InChI is InChI=1S/C17H20N2OS/c1-12-7-8-15(9-13(12)2)19-17(21)18-11-14-5-4-6-16(10-14)20-3/h4-10H,11H2,1-3H3,(H2,18,19,21). The molecule has 0 aromatic heterocycles. The molecular weight excluding hydrogens is 280 g/mol. The van der Waals surface area contributed by atoms with Crippen molar-refractivity contribution in [3.63, 3.8) is 0 Å². The highest BCUT2D eigenvalue weighted by atomic mass is 32.1. The smallest absolute Gasteiger partial charge is 0.171 e. The van der Waals surface area contributed by atoms with Crippen molar-refractivity contribution in [1.82, 2.24) is 5.32 Å². The van der Waals surface area contributed by atoms with E-state index in [-0.39, 0.29) is 0 Å². The number of rotatable bonds is 4. The third kappa shape index (κ3) is 4.46. The van der Waals surface area contributed by atoms with Gasteiger partial charge in [0.2, 0.25) is 0 Å². The molecule has 0 bridgehead atoms. The van der Waals surface area contributed by atoms with Gasteiger partial charge in [-0.1, -0.05) is 18.2 Å². The van der Waals surface area contributed by atoms with Gasteiger partial charge in [0.15, 0.2) is 5.11 Å². The van der Waals surface area contributed by atoms with Crippen LogP contribution in [0.3, 0.4) is 0 Å². The van der Waals surface area contributed by atoms with E-state index in [1.807, 2.05) is 30.3 Å². The molecule has 0 saturated heterocycles. The summed E-state index contributed by atoms with van der Waals surface area (Å²) < 4.78 is 5.21. The maximum absolute atomic E-state index is 5.32. The largest absolute Gasteiger partial charge is 0.497 e. The first-order valence-corrected chi connectivity index (χ1v) is 7.24. The average molecular weight is 300 g/mol. The van der Waals surface area contributed by atoms with Gasteiger partial charge >= 0.3 is 0 Å². The van der Waals surface area contributed by atoms with E-state index in [1.165, 1.54) is 11.1 Å². The minimum Gasteiger partial charge on any atom is -0.497 e. The molecule has 0 fully saturated rings. The highest BCUT2D eigenvalue weighted by Crippen LogP contribution is 2.14. The molecule has 0 aliphatic rings. The molecule has 0 atom stereocenters. The minimum absolute atomic E-state index is 0.612. The van der Waals surface area contributed by atoms with Crippen LogP contribution in [0.15, 0.2) is 42.5 Å². The SMILES string of the molecule is COc1cccc(CNC(=S)Nc2ccc(C)c(C)c2)c1. The van der Waals surface area contributed by atoms with Crippen molar-refractivity contribution in [2.24, 2.45) is 0 Å². The van der Waals surface area contributed by atoms with Gasteiger partial charge in [0.05, 0.1) is 7.11 Å². The van der Waals surface area contributed by atoms with Crippen molar-refractivity contribution in [2.45, 2.75) is 20.4 Å². The fourth-order valence-electron chi connectivity index (χ4n) is 1.96. The van der Waals surface area contributed by atoms with Crippen LogP contribution in [0, 0.1) is 13.8 Å². The minimum atomic E-state index is 0.612. The van der Waals surface area contributed by atoms with Crippen LogP contribution in [0.5, 0.6) is 5.75 Å². The van der Waals surface area contributed by atoms with E-state index >= 15 is 0 Å². The van der Waals surface area contributed by atoms with Gasteiger partial charge in [0.25, 0.3) is 0 Å². The topological polar surface area (TPSA) is 33.3 Å². The molecular formula is C17H20N2OS. The Balaban J connectivity index is 1.91. The highest BCUT2D eigenvalue weighted by molar-refractivity contribution is 7.80. The maximum Gasteiger partial charge on any atom is 0.171 e. The molecule has 0 saturated carbocycles. The predicted octanol–water partition coefficient (Wildman–Crippen LogP) is 3.80. The van der Waals surface area contributed by atoms with Crippen molar-refractivity contribution < 1.29 is 4.74 Å². The first kappa shape index (κ1) is 15.3. The van der Waals surface area contributed by atoms with Crippen molar-refractivity contribution in [3.05, 3.63) is 59.2 Å². The van der Waals surface area contributed by atoms with Crippen molar-refractivity contribution in [2.75, 3.05) is 12.4 Å². The zero-order valence-corrected chi connectivity index (χ0v) is 13.4. The fraction of sp³-hybridized carbons (Fsp3) is 0.235. The van der Waals surface area contributed by atoms with Crippen LogP contribution in [-0.2, 0) is 6.54 Å². The summed E-state index contributed by atoms with van der Waals surface area (Å²) in [6.45, 7) is 4.85. The number of nitrogens with one attached hydrogen (secondary N) is 2. The number of benzene rings is 2. The molecule has 3 nitrogen and oxygen atoms in total. The van der Waals surface area contributed by atoms with Gasteiger partial charge in [-0.25, -0.2) is 0 Å². The Labute approximate surface area is 131 Å². The monoisotopic (exact) mass is 300 g/mol. The molecule has 2 rings (SSSR count). The number of thiocarbonyl (C=S) groups is 1. The van der Waals surface area contributed by atoms with Crippen LogP contribution >= 0.6 is 12.2 Å². The second kappa shape index (κ2) is 7.09. The Morgan fingerprint density at radius 1 is 1.10 bits per heavy atom. The molecule has 0 unspecified atom stereocenters. The van der Waals surface area contributed by atoms with Crippen LogP contribution < -0.4 is 15.4 Å². The predicted molar refractivity (Wildman–Crippen MR) is 92.0 cm³/mol. The zero-order valence-electron chi connectivity index (χ0n) is 12.6. The first-order chi connectivity index (χ1) is 10.1. The first-order valence-electron chi connectivity index (χ1n) is 6.83. The highest BCUT2D eigenvalue weighted by Gasteiger charge is 2.01. The number of hydrogen-bond donors (Lipinski definition) is 2. The fourth-order valence-corrected chi connectivity index (χ4v) is 2.15. The third-order valence-electron chi connectivity index (χ3n) is 3.35. The second-order valence-electron chi connectivity index (χ2n) is 4.96. The Morgan fingerprint density at radius 3 is 2.62 bits per heavy atom. The van der Waals surface area contributed by atoms with Crippen molar-refractivity contribution in [3.8, 4) is 5.75 Å².